The number of piperazine rings is 1. The van der Waals surface area contributed by atoms with Crippen molar-refractivity contribution in [1.29, 1.82) is 0 Å². The first-order valence-corrected chi connectivity index (χ1v) is 6.26. The molecule has 0 aliphatic carbocycles. The first-order chi connectivity index (χ1) is 8.66. The van der Waals surface area contributed by atoms with Gasteiger partial charge in [-0.3, -0.25) is 4.79 Å². The van der Waals surface area contributed by atoms with Crippen LogP contribution in [-0.2, 0) is 4.79 Å². The lowest BCUT2D eigenvalue weighted by molar-refractivity contribution is -0.129. The lowest BCUT2D eigenvalue weighted by Gasteiger charge is -2.34. The Labute approximate surface area is 108 Å². The van der Waals surface area contributed by atoms with Crippen LogP contribution in [0.15, 0.2) is 12.3 Å². The molecule has 1 fully saturated rings. The van der Waals surface area contributed by atoms with Crippen molar-refractivity contribution in [2.45, 2.75) is 20.8 Å². The Morgan fingerprint density at radius 3 is 2.39 bits per heavy atom. The molecular formula is C12H21N5O. The molecule has 6 nitrogen and oxygen atoms in total. The summed E-state index contributed by atoms with van der Waals surface area (Å²) < 4.78 is 0. The molecule has 100 valence electrons. The molecule has 2 rings (SSSR count). The lowest BCUT2D eigenvalue weighted by Crippen LogP contribution is -2.48. The maximum atomic E-state index is 11.2. The van der Waals surface area contributed by atoms with E-state index in [0.717, 1.165) is 13.1 Å². The van der Waals surface area contributed by atoms with Crippen molar-refractivity contribution in [1.82, 2.24) is 14.9 Å². The number of rotatable bonds is 1. The second kappa shape index (κ2) is 6.78. The number of hydrogen-bond donors (Lipinski definition) is 1. The molecule has 2 N–H and O–H groups in total. The van der Waals surface area contributed by atoms with Crippen LogP contribution in [0.1, 0.15) is 20.8 Å². The molecule has 0 bridgehead atoms. The minimum absolute atomic E-state index is 0.119. The molecule has 1 saturated heterocycles. The van der Waals surface area contributed by atoms with Crippen molar-refractivity contribution in [2.75, 3.05) is 36.8 Å². The van der Waals surface area contributed by atoms with Gasteiger partial charge in [0.05, 0.1) is 0 Å². The van der Waals surface area contributed by atoms with E-state index in [-0.39, 0.29) is 5.91 Å². The van der Waals surface area contributed by atoms with Gasteiger partial charge >= 0.3 is 0 Å². The predicted octanol–water partition coefficient (Wildman–Crippen LogP) is 0.754. The summed E-state index contributed by atoms with van der Waals surface area (Å²) in [6.07, 6.45) is 1.65. The fraction of sp³-hybridized carbons (Fsp3) is 0.583. The van der Waals surface area contributed by atoms with Gasteiger partial charge in [-0.25, -0.2) is 4.98 Å². The zero-order chi connectivity index (χ0) is 13.5. The SMILES string of the molecule is CC.CC(=O)N1CCN(c2nccc(N)n2)CC1. The Bertz CT molecular complexity index is 388. The fourth-order valence-corrected chi connectivity index (χ4v) is 1.74. The highest BCUT2D eigenvalue weighted by atomic mass is 16.2. The number of anilines is 2. The third-order valence-electron chi connectivity index (χ3n) is 2.67. The highest BCUT2D eigenvalue weighted by Crippen LogP contribution is 2.11. The van der Waals surface area contributed by atoms with Gasteiger partial charge in [-0.1, -0.05) is 13.8 Å². The minimum atomic E-state index is 0.119. The second-order valence-corrected chi connectivity index (χ2v) is 3.77. The van der Waals surface area contributed by atoms with E-state index in [2.05, 4.69) is 9.97 Å². The number of nitrogen functional groups attached to an aromatic ring is 1. The van der Waals surface area contributed by atoms with Crippen LogP contribution >= 0.6 is 0 Å². The van der Waals surface area contributed by atoms with Gasteiger partial charge in [0, 0.05) is 39.3 Å². The largest absolute Gasteiger partial charge is 0.384 e. The number of nitrogens with zero attached hydrogens (tertiary/aromatic N) is 4. The van der Waals surface area contributed by atoms with Crippen molar-refractivity contribution in [3.63, 3.8) is 0 Å². The van der Waals surface area contributed by atoms with Gasteiger partial charge in [0.25, 0.3) is 0 Å². The van der Waals surface area contributed by atoms with Crippen LogP contribution in [0, 0.1) is 0 Å². The number of carbonyl (C=O) groups excluding carboxylic acids is 1. The van der Waals surface area contributed by atoms with E-state index in [1.54, 1.807) is 19.2 Å². The maximum Gasteiger partial charge on any atom is 0.227 e. The summed E-state index contributed by atoms with van der Waals surface area (Å²) in [6, 6.07) is 1.66. The Hall–Kier alpha value is -1.85. The van der Waals surface area contributed by atoms with Crippen LogP contribution in [0.2, 0.25) is 0 Å². The van der Waals surface area contributed by atoms with Gasteiger partial charge in [-0.2, -0.15) is 4.98 Å². The van der Waals surface area contributed by atoms with Crippen LogP contribution in [0.3, 0.4) is 0 Å². The van der Waals surface area contributed by atoms with Crippen LogP contribution in [0.25, 0.3) is 0 Å². The minimum Gasteiger partial charge on any atom is -0.384 e. The number of aromatic nitrogens is 2. The van der Waals surface area contributed by atoms with Gasteiger partial charge < -0.3 is 15.5 Å². The van der Waals surface area contributed by atoms with E-state index in [1.807, 2.05) is 23.6 Å². The summed E-state index contributed by atoms with van der Waals surface area (Å²) in [5.74, 6) is 1.23. The summed E-state index contributed by atoms with van der Waals surface area (Å²) in [4.78, 5) is 23.3. The maximum absolute atomic E-state index is 11.2. The van der Waals surface area contributed by atoms with Crippen LogP contribution in [0.4, 0.5) is 11.8 Å². The van der Waals surface area contributed by atoms with Crippen LogP contribution in [-0.4, -0.2) is 47.0 Å². The smallest absolute Gasteiger partial charge is 0.227 e. The normalized spacial score (nSPS) is 14.8. The van der Waals surface area contributed by atoms with Crippen LogP contribution < -0.4 is 10.6 Å². The molecule has 1 aliphatic heterocycles. The molecule has 1 aromatic heterocycles. The molecule has 18 heavy (non-hydrogen) atoms. The third kappa shape index (κ3) is 3.58. The highest BCUT2D eigenvalue weighted by Gasteiger charge is 2.20. The molecule has 6 heteroatoms. The second-order valence-electron chi connectivity index (χ2n) is 3.77. The number of hydrogen-bond acceptors (Lipinski definition) is 5. The molecule has 0 atom stereocenters. The Balaban J connectivity index is 0.000000771. The quantitative estimate of drug-likeness (QED) is 0.797. The van der Waals surface area contributed by atoms with E-state index in [1.165, 1.54) is 0 Å². The van der Waals surface area contributed by atoms with Crippen LogP contribution in [0.5, 0.6) is 0 Å². The first kappa shape index (κ1) is 14.2. The van der Waals surface area contributed by atoms with Crippen molar-refractivity contribution in [3.05, 3.63) is 12.3 Å². The van der Waals surface area contributed by atoms with E-state index >= 15 is 0 Å². The Morgan fingerprint density at radius 2 is 1.89 bits per heavy atom. The lowest BCUT2D eigenvalue weighted by atomic mass is 10.3. The van der Waals surface area contributed by atoms with Gasteiger partial charge in [0.1, 0.15) is 5.82 Å². The molecule has 1 aliphatic rings. The summed E-state index contributed by atoms with van der Waals surface area (Å²) in [5, 5.41) is 0. The molecule has 0 saturated carbocycles. The average Bonchev–Trinajstić information content (AvgIpc) is 2.41. The zero-order valence-electron chi connectivity index (χ0n) is 11.3. The van der Waals surface area contributed by atoms with Crippen molar-refractivity contribution >= 4 is 17.7 Å². The topological polar surface area (TPSA) is 75.4 Å². The Morgan fingerprint density at radius 1 is 1.28 bits per heavy atom. The average molecular weight is 251 g/mol. The summed E-state index contributed by atoms with van der Waals surface area (Å²) in [7, 11) is 0. The fourth-order valence-electron chi connectivity index (χ4n) is 1.74. The van der Waals surface area contributed by atoms with E-state index < -0.39 is 0 Å². The zero-order valence-corrected chi connectivity index (χ0v) is 11.3. The van der Waals surface area contributed by atoms with Crippen molar-refractivity contribution < 1.29 is 4.79 Å². The molecular weight excluding hydrogens is 230 g/mol. The third-order valence-corrected chi connectivity index (χ3v) is 2.67. The monoisotopic (exact) mass is 251 g/mol. The molecule has 0 aromatic carbocycles. The van der Waals surface area contributed by atoms with Gasteiger partial charge in [0.15, 0.2) is 0 Å². The van der Waals surface area contributed by atoms with Crippen molar-refractivity contribution in [3.8, 4) is 0 Å². The summed E-state index contributed by atoms with van der Waals surface area (Å²) in [6.45, 7) is 8.53. The molecule has 1 aromatic rings. The Kier molecular flexibility index (Phi) is 5.35. The van der Waals surface area contributed by atoms with Crippen molar-refractivity contribution in [2.24, 2.45) is 0 Å². The molecule has 2 heterocycles. The first-order valence-electron chi connectivity index (χ1n) is 6.26. The van der Waals surface area contributed by atoms with E-state index in [0.29, 0.717) is 24.9 Å². The molecule has 0 spiro atoms. The highest BCUT2D eigenvalue weighted by molar-refractivity contribution is 5.73. The predicted molar refractivity (Wildman–Crippen MR) is 72.3 cm³/mol. The number of amides is 1. The number of carbonyl (C=O) groups is 1. The van der Waals surface area contributed by atoms with E-state index in [4.69, 9.17) is 5.73 Å². The molecule has 0 unspecified atom stereocenters. The van der Waals surface area contributed by atoms with Gasteiger partial charge in [-0.05, 0) is 6.07 Å². The van der Waals surface area contributed by atoms with Gasteiger partial charge in [0.2, 0.25) is 11.9 Å². The summed E-state index contributed by atoms with van der Waals surface area (Å²) >= 11 is 0. The van der Waals surface area contributed by atoms with Gasteiger partial charge in [-0.15, -0.1) is 0 Å². The van der Waals surface area contributed by atoms with E-state index in [9.17, 15) is 4.79 Å². The summed E-state index contributed by atoms with van der Waals surface area (Å²) in [5.41, 5.74) is 5.60. The molecule has 0 radical (unpaired) electrons. The number of nitrogens with two attached hydrogens (primary N) is 1. The molecule has 1 amide bonds. The standard InChI is InChI=1S/C10H15N5O.C2H6/c1-8(16)14-4-6-15(7-5-14)10-12-3-2-9(11)13-10;1-2/h2-3H,4-7H2,1H3,(H2,11,12,13);1-2H3.